The van der Waals surface area contributed by atoms with E-state index in [1.807, 2.05) is 0 Å². The first-order chi connectivity index (χ1) is 8.08. The van der Waals surface area contributed by atoms with Gasteiger partial charge < -0.3 is 5.11 Å². The lowest BCUT2D eigenvalue weighted by atomic mass is 10.0. The van der Waals surface area contributed by atoms with E-state index in [0.29, 0.717) is 18.1 Å². The third-order valence-corrected chi connectivity index (χ3v) is 5.36. The van der Waals surface area contributed by atoms with Gasteiger partial charge in [-0.1, -0.05) is 0 Å². The van der Waals surface area contributed by atoms with Crippen molar-refractivity contribution in [2.75, 3.05) is 18.1 Å². The molecular formula is C11H15NO4S. The van der Waals surface area contributed by atoms with Crippen molar-refractivity contribution in [1.29, 1.82) is 0 Å². The number of imide groups is 1. The summed E-state index contributed by atoms with van der Waals surface area (Å²) in [6.45, 7) is 0.438. The van der Waals surface area contributed by atoms with E-state index in [9.17, 15) is 14.4 Å². The van der Waals surface area contributed by atoms with Gasteiger partial charge in [-0.3, -0.25) is 14.5 Å². The van der Waals surface area contributed by atoms with Gasteiger partial charge in [0.05, 0.1) is 0 Å². The van der Waals surface area contributed by atoms with Gasteiger partial charge in [-0.2, -0.15) is 10.9 Å². The van der Waals surface area contributed by atoms with Gasteiger partial charge in [-0.05, 0) is 30.3 Å². The lowest BCUT2D eigenvalue weighted by Crippen LogP contribution is -2.36. The van der Waals surface area contributed by atoms with E-state index in [1.165, 1.54) is 17.1 Å². The first kappa shape index (κ1) is 12.2. The van der Waals surface area contributed by atoms with Crippen LogP contribution in [0.3, 0.4) is 0 Å². The Morgan fingerprint density at radius 2 is 1.82 bits per heavy atom. The van der Waals surface area contributed by atoms with E-state index in [-0.39, 0.29) is 17.7 Å². The molecule has 0 spiro atoms. The Kier molecular flexibility index (Phi) is 3.51. The van der Waals surface area contributed by atoms with Crippen molar-refractivity contribution in [3.63, 3.8) is 0 Å². The molecule has 1 N–H and O–H groups in total. The molecule has 2 heterocycles. The predicted molar refractivity (Wildman–Crippen MR) is 65.3 cm³/mol. The quantitative estimate of drug-likeness (QED) is 0.571. The van der Waals surface area contributed by atoms with Gasteiger partial charge in [-0.25, -0.2) is 4.79 Å². The maximum Gasteiger partial charge on any atom is 0.344 e. The zero-order chi connectivity index (χ0) is 12.4. The van der Waals surface area contributed by atoms with Crippen molar-refractivity contribution in [1.82, 2.24) is 4.90 Å². The van der Waals surface area contributed by atoms with Crippen molar-refractivity contribution in [2.24, 2.45) is 5.92 Å². The molecule has 0 aromatic heterocycles. The fourth-order valence-electron chi connectivity index (χ4n) is 2.18. The van der Waals surface area contributed by atoms with Crippen molar-refractivity contribution >= 4 is 28.0 Å². The number of carboxylic acid groups (broad SMARTS) is 1. The van der Waals surface area contributed by atoms with Crippen LogP contribution in [0, 0.1) is 5.92 Å². The van der Waals surface area contributed by atoms with E-state index in [4.69, 9.17) is 5.11 Å². The lowest BCUT2D eigenvalue weighted by molar-refractivity contribution is -0.137. The first-order valence-corrected chi connectivity index (χ1v) is 7.30. The van der Waals surface area contributed by atoms with Crippen LogP contribution in [-0.2, 0) is 9.59 Å². The topological polar surface area (TPSA) is 74.7 Å². The Morgan fingerprint density at radius 1 is 1.29 bits per heavy atom. The van der Waals surface area contributed by atoms with Crippen molar-refractivity contribution in [2.45, 2.75) is 12.8 Å². The smallest absolute Gasteiger partial charge is 0.344 e. The second-order valence-electron chi connectivity index (χ2n) is 4.33. The van der Waals surface area contributed by atoms with E-state index in [0.717, 1.165) is 12.8 Å². The van der Waals surface area contributed by atoms with Gasteiger partial charge in [0.1, 0.15) is 0 Å². The summed E-state index contributed by atoms with van der Waals surface area (Å²) in [6.07, 6.45) is 4.18. The normalized spacial score (nSPS) is 30.9. The second kappa shape index (κ2) is 4.91. The van der Waals surface area contributed by atoms with Crippen molar-refractivity contribution in [3.8, 4) is 0 Å². The highest BCUT2D eigenvalue weighted by Crippen LogP contribution is 2.36. The van der Waals surface area contributed by atoms with Gasteiger partial charge >= 0.3 is 5.30 Å². The Labute approximate surface area is 102 Å². The molecule has 2 aliphatic rings. The molecule has 1 saturated heterocycles. The van der Waals surface area contributed by atoms with E-state index in [1.54, 1.807) is 0 Å². The minimum atomic E-state index is -0.885. The average molecular weight is 257 g/mol. The zero-order valence-corrected chi connectivity index (χ0v) is 10.2. The maximum atomic E-state index is 11.4. The number of nitrogens with zero attached hydrogens (tertiary/aromatic N) is 1. The molecule has 0 bridgehead atoms. The van der Waals surface area contributed by atoms with Gasteiger partial charge in [-0.15, -0.1) is 0 Å². The third-order valence-electron chi connectivity index (χ3n) is 3.23. The summed E-state index contributed by atoms with van der Waals surface area (Å²) in [5.41, 5.74) is 0. The molecule has 0 aromatic carbocycles. The minimum absolute atomic E-state index is 0.249. The zero-order valence-electron chi connectivity index (χ0n) is 9.33. The molecule has 94 valence electrons. The highest BCUT2D eigenvalue weighted by molar-refractivity contribution is 8.29. The molecule has 0 atom stereocenters. The number of thiol groups is 1. The Hall–Kier alpha value is -1.30. The molecule has 0 saturated carbocycles. The van der Waals surface area contributed by atoms with Crippen LogP contribution in [-0.4, -0.2) is 45.2 Å². The van der Waals surface area contributed by atoms with Crippen LogP contribution < -0.4 is 0 Å². The van der Waals surface area contributed by atoms with Gasteiger partial charge in [0.2, 0.25) is 0 Å². The predicted octanol–water partition coefficient (Wildman–Crippen LogP) is 1.00. The number of rotatable bonds is 2. The van der Waals surface area contributed by atoms with Crippen LogP contribution in [0.4, 0.5) is 4.79 Å². The number of hydrogen-bond donors (Lipinski definition) is 2. The third kappa shape index (κ3) is 2.69. The largest absolute Gasteiger partial charge is 0.474 e. The van der Waals surface area contributed by atoms with Crippen LogP contribution in [0.2, 0.25) is 0 Å². The first-order valence-electron chi connectivity index (χ1n) is 5.59. The highest BCUT2D eigenvalue weighted by Gasteiger charge is 2.29. The Balaban J connectivity index is 1.84. The molecule has 0 radical (unpaired) electrons. The van der Waals surface area contributed by atoms with Crippen LogP contribution in [0.1, 0.15) is 12.8 Å². The standard InChI is InChI=1S/C11H15NO4S/c13-9-1-2-10(14)12(9)7-8-3-5-17(6-4-8)11(15)16/h1-2,8,17H,3-7H2,(H,15,16). The van der Waals surface area contributed by atoms with Crippen LogP contribution in [0.5, 0.6) is 0 Å². The average Bonchev–Trinajstić information content (AvgIpc) is 2.61. The van der Waals surface area contributed by atoms with Crippen molar-refractivity contribution < 1.29 is 19.5 Å². The van der Waals surface area contributed by atoms with Crippen LogP contribution >= 0.6 is 10.9 Å². The number of amides is 2. The number of hydrogen-bond acceptors (Lipinski definition) is 3. The summed E-state index contributed by atoms with van der Waals surface area (Å²) in [6, 6.07) is 0. The fraction of sp³-hybridized carbons (Fsp3) is 0.545. The van der Waals surface area contributed by atoms with Gasteiger partial charge in [0.25, 0.3) is 11.8 Å². The second-order valence-corrected chi connectivity index (χ2v) is 6.69. The number of carbonyl (C=O) groups is 3. The van der Waals surface area contributed by atoms with E-state index >= 15 is 0 Å². The summed E-state index contributed by atoms with van der Waals surface area (Å²) >= 11 is 0. The SMILES string of the molecule is O=C1C=CC(=O)N1CC1CC[SH](C(=O)O)CC1. The molecule has 6 heteroatoms. The minimum Gasteiger partial charge on any atom is -0.474 e. The lowest BCUT2D eigenvalue weighted by Gasteiger charge is -2.30. The van der Waals surface area contributed by atoms with Gasteiger partial charge in [0.15, 0.2) is 0 Å². The molecule has 2 amide bonds. The molecule has 0 aliphatic carbocycles. The maximum absolute atomic E-state index is 11.4. The van der Waals surface area contributed by atoms with E-state index in [2.05, 4.69) is 0 Å². The molecule has 2 rings (SSSR count). The number of carbonyl (C=O) groups excluding carboxylic acids is 2. The molecule has 5 nitrogen and oxygen atoms in total. The summed E-state index contributed by atoms with van der Waals surface area (Å²) in [4.78, 5) is 34.8. The molecular weight excluding hydrogens is 242 g/mol. The summed E-state index contributed by atoms with van der Waals surface area (Å²) in [5.74, 6) is 1.18. The summed E-state index contributed by atoms with van der Waals surface area (Å²) < 4.78 is 0. The van der Waals surface area contributed by atoms with Gasteiger partial charge in [0, 0.05) is 18.7 Å². The molecule has 0 aromatic rings. The molecule has 1 fully saturated rings. The molecule has 2 aliphatic heterocycles. The fourth-order valence-corrected chi connectivity index (χ4v) is 4.14. The Morgan fingerprint density at radius 3 is 2.29 bits per heavy atom. The van der Waals surface area contributed by atoms with E-state index < -0.39 is 16.2 Å². The summed E-state index contributed by atoms with van der Waals surface area (Å²) in [5, 5.41) is 8.22. The van der Waals surface area contributed by atoms with Crippen molar-refractivity contribution in [3.05, 3.63) is 12.2 Å². The van der Waals surface area contributed by atoms with Crippen LogP contribution in [0.25, 0.3) is 0 Å². The molecule has 0 unspecified atom stereocenters. The highest BCUT2D eigenvalue weighted by atomic mass is 32.2. The summed E-state index contributed by atoms with van der Waals surface area (Å²) in [7, 11) is -0.885. The monoisotopic (exact) mass is 257 g/mol. The van der Waals surface area contributed by atoms with Crippen LogP contribution in [0.15, 0.2) is 12.2 Å². The molecule has 17 heavy (non-hydrogen) atoms. The Bertz CT molecular complexity index is 367.